The monoisotopic (exact) mass is 338 g/mol. The fourth-order valence-corrected chi connectivity index (χ4v) is 3.11. The number of aryl methyl sites for hydroxylation is 3. The predicted octanol–water partition coefficient (Wildman–Crippen LogP) is 4.78. The van der Waals surface area contributed by atoms with Crippen LogP contribution in [0.5, 0.6) is 0 Å². The van der Waals surface area contributed by atoms with E-state index in [2.05, 4.69) is 37.8 Å². The van der Waals surface area contributed by atoms with E-state index in [9.17, 15) is 4.79 Å². The maximum atomic E-state index is 11.6. The fraction of sp³-hybridized carbons (Fsp3) is 0.286. The quantitative estimate of drug-likeness (QED) is 0.819. The summed E-state index contributed by atoms with van der Waals surface area (Å²) in [4.78, 5) is 11.6. The number of nitrogens with zero attached hydrogens (tertiary/aromatic N) is 1. The molecule has 0 radical (unpaired) electrons. The number of hydrogen-bond acceptors (Lipinski definition) is 4. The van der Waals surface area contributed by atoms with Crippen LogP contribution in [0.2, 0.25) is 0 Å². The largest absolute Gasteiger partial charge is 0.345 e. The number of halogens is 1. The number of ketones is 1. The van der Waals surface area contributed by atoms with Crippen molar-refractivity contribution in [1.29, 1.82) is 0 Å². The molecule has 100 valence electrons. The first-order valence-electron chi connectivity index (χ1n) is 5.91. The van der Waals surface area contributed by atoms with Crippen LogP contribution in [-0.2, 0) is 0 Å². The topological polar surface area (TPSA) is 42.0 Å². The summed E-state index contributed by atoms with van der Waals surface area (Å²) in [7, 11) is 0. The van der Waals surface area contributed by atoms with Crippen LogP contribution in [0.15, 0.2) is 16.6 Å². The Kier molecular flexibility index (Phi) is 4.06. The second kappa shape index (κ2) is 5.43. The van der Waals surface area contributed by atoms with Gasteiger partial charge in [-0.15, -0.1) is 0 Å². The minimum absolute atomic E-state index is 0.0410. The highest BCUT2D eigenvalue weighted by atomic mass is 79.9. The van der Waals surface area contributed by atoms with Gasteiger partial charge < -0.3 is 5.32 Å². The summed E-state index contributed by atoms with van der Waals surface area (Å²) in [5.41, 5.74) is 4.76. The maximum Gasteiger partial charge on any atom is 0.164 e. The molecule has 0 amide bonds. The molecule has 0 saturated carbocycles. The lowest BCUT2D eigenvalue weighted by molar-refractivity contribution is 0.101. The van der Waals surface area contributed by atoms with Gasteiger partial charge in [0, 0.05) is 10.2 Å². The minimum Gasteiger partial charge on any atom is -0.345 e. The minimum atomic E-state index is 0.0410. The molecule has 1 N–H and O–H groups in total. The van der Waals surface area contributed by atoms with E-state index >= 15 is 0 Å². The normalized spacial score (nSPS) is 10.6. The van der Waals surface area contributed by atoms with E-state index in [1.165, 1.54) is 11.5 Å². The van der Waals surface area contributed by atoms with E-state index in [0.29, 0.717) is 5.56 Å². The first-order valence-corrected chi connectivity index (χ1v) is 7.47. The predicted molar refractivity (Wildman–Crippen MR) is 83.8 cm³/mol. The standard InChI is InChI=1S/C14H15BrN2OS/c1-7-5-11(6-8(2)13(7)15)16-14-12(10(4)18)9(3)17-19-14/h5-6,16H,1-4H3. The molecule has 1 aromatic carbocycles. The Morgan fingerprint density at radius 3 is 2.37 bits per heavy atom. The molecule has 1 heterocycles. The average Bonchev–Trinajstić information content (AvgIpc) is 2.67. The molecule has 3 nitrogen and oxygen atoms in total. The summed E-state index contributed by atoms with van der Waals surface area (Å²) in [5.74, 6) is 0.0410. The van der Waals surface area contributed by atoms with Gasteiger partial charge in [-0.2, -0.15) is 4.37 Å². The van der Waals surface area contributed by atoms with Crippen molar-refractivity contribution in [2.45, 2.75) is 27.7 Å². The van der Waals surface area contributed by atoms with Crippen LogP contribution >= 0.6 is 27.5 Å². The molecular weight excluding hydrogens is 324 g/mol. The van der Waals surface area contributed by atoms with Gasteiger partial charge in [0.2, 0.25) is 0 Å². The van der Waals surface area contributed by atoms with Crippen molar-refractivity contribution in [1.82, 2.24) is 4.37 Å². The van der Waals surface area contributed by atoms with Crippen LogP contribution in [0.4, 0.5) is 10.7 Å². The van der Waals surface area contributed by atoms with E-state index < -0.39 is 0 Å². The van der Waals surface area contributed by atoms with E-state index in [-0.39, 0.29) is 5.78 Å². The molecule has 0 bridgehead atoms. The third-order valence-electron chi connectivity index (χ3n) is 2.91. The molecule has 5 heteroatoms. The second-order valence-corrected chi connectivity index (χ2v) is 6.14. The number of anilines is 2. The van der Waals surface area contributed by atoms with Crippen LogP contribution in [0.1, 0.15) is 34.1 Å². The third-order valence-corrected chi connectivity index (χ3v) is 5.01. The van der Waals surface area contributed by atoms with Gasteiger partial charge in [0.1, 0.15) is 5.00 Å². The summed E-state index contributed by atoms with van der Waals surface area (Å²) in [6.45, 7) is 7.52. The Morgan fingerprint density at radius 2 is 1.84 bits per heavy atom. The number of carbonyl (C=O) groups excluding carboxylic acids is 1. The molecule has 0 saturated heterocycles. The van der Waals surface area contributed by atoms with Gasteiger partial charge in [0.15, 0.2) is 5.78 Å². The molecule has 0 aliphatic heterocycles. The van der Waals surface area contributed by atoms with Gasteiger partial charge in [0.25, 0.3) is 0 Å². The Hall–Kier alpha value is -1.20. The van der Waals surface area contributed by atoms with Gasteiger partial charge in [0.05, 0.1) is 11.3 Å². The molecule has 0 unspecified atom stereocenters. The first-order chi connectivity index (χ1) is 8.90. The van der Waals surface area contributed by atoms with Crippen molar-refractivity contribution in [2.24, 2.45) is 0 Å². The molecule has 0 aliphatic carbocycles. The lowest BCUT2D eigenvalue weighted by Crippen LogP contribution is -1.99. The number of nitrogens with one attached hydrogen (secondary N) is 1. The number of carbonyl (C=O) groups is 1. The smallest absolute Gasteiger partial charge is 0.164 e. The zero-order valence-electron chi connectivity index (χ0n) is 11.3. The van der Waals surface area contributed by atoms with Crippen molar-refractivity contribution in [3.8, 4) is 0 Å². The van der Waals surface area contributed by atoms with Crippen molar-refractivity contribution < 1.29 is 4.79 Å². The Bertz CT molecular complexity index is 626. The number of hydrogen-bond donors (Lipinski definition) is 1. The van der Waals surface area contributed by atoms with Crippen LogP contribution in [-0.4, -0.2) is 10.2 Å². The summed E-state index contributed by atoms with van der Waals surface area (Å²) in [5, 5.41) is 4.11. The lowest BCUT2D eigenvalue weighted by atomic mass is 10.1. The zero-order chi connectivity index (χ0) is 14.2. The summed E-state index contributed by atoms with van der Waals surface area (Å²) >= 11 is 4.87. The Morgan fingerprint density at radius 1 is 1.26 bits per heavy atom. The van der Waals surface area contributed by atoms with E-state index in [4.69, 9.17) is 0 Å². The molecular formula is C14H15BrN2OS. The van der Waals surface area contributed by atoms with Crippen molar-refractivity contribution >= 4 is 43.9 Å². The SMILES string of the molecule is CC(=O)c1c(C)nsc1Nc1cc(C)c(Br)c(C)c1. The average molecular weight is 339 g/mol. The molecule has 0 fully saturated rings. The number of rotatable bonds is 3. The summed E-state index contributed by atoms with van der Waals surface area (Å²) in [6.07, 6.45) is 0. The number of aromatic nitrogens is 1. The van der Waals surface area contributed by atoms with E-state index in [1.807, 2.05) is 20.8 Å². The molecule has 19 heavy (non-hydrogen) atoms. The highest BCUT2D eigenvalue weighted by Gasteiger charge is 2.15. The van der Waals surface area contributed by atoms with Gasteiger partial charge in [-0.25, -0.2) is 0 Å². The summed E-state index contributed by atoms with van der Waals surface area (Å²) < 4.78 is 5.36. The van der Waals surface area contributed by atoms with Gasteiger partial charge in [-0.3, -0.25) is 4.79 Å². The third kappa shape index (κ3) is 2.87. The zero-order valence-corrected chi connectivity index (χ0v) is 13.7. The summed E-state index contributed by atoms with van der Waals surface area (Å²) in [6, 6.07) is 4.10. The molecule has 1 aromatic heterocycles. The van der Waals surface area contributed by atoms with Crippen LogP contribution in [0.25, 0.3) is 0 Å². The molecule has 0 spiro atoms. The van der Waals surface area contributed by atoms with Crippen LogP contribution in [0, 0.1) is 20.8 Å². The fourth-order valence-electron chi connectivity index (χ4n) is 2.02. The van der Waals surface area contributed by atoms with Crippen LogP contribution < -0.4 is 5.32 Å². The highest BCUT2D eigenvalue weighted by molar-refractivity contribution is 9.10. The Balaban J connectivity index is 2.39. The maximum absolute atomic E-state index is 11.6. The van der Waals surface area contributed by atoms with Crippen molar-refractivity contribution in [3.63, 3.8) is 0 Å². The van der Waals surface area contributed by atoms with E-state index in [0.717, 1.165) is 32.0 Å². The van der Waals surface area contributed by atoms with Crippen molar-refractivity contribution in [2.75, 3.05) is 5.32 Å². The molecule has 2 aromatic rings. The number of Topliss-reactive ketones (excluding diaryl/α,β-unsaturated/α-hetero) is 1. The second-order valence-electron chi connectivity index (χ2n) is 4.58. The Labute approximate surface area is 125 Å². The highest BCUT2D eigenvalue weighted by Crippen LogP contribution is 2.31. The van der Waals surface area contributed by atoms with Gasteiger partial charge in [-0.1, -0.05) is 15.9 Å². The molecule has 0 atom stereocenters. The first kappa shape index (κ1) is 14.2. The molecule has 2 rings (SSSR count). The molecule has 0 aliphatic rings. The van der Waals surface area contributed by atoms with Crippen molar-refractivity contribution in [3.05, 3.63) is 39.0 Å². The van der Waals surface area contributed by atoms with E-state index in [1.54, 1.807) is 6.92 Å². The number of benzene rings is 1. The van der Waals surface area contributed by atoms with Gasteiger partial charge >= 0.3 is 0 Å². The van der Waals surface area contributed by atoms with Gasteiger partial charge in [-0.05, 0) is 62.5 Å². The van der Waals surface area contributed by atoms with Crippen LogP contribution in [0.3, 0.4) is 0 Å². The lowest BCUT2D eigenvalue weighted by Gasteiger charge is -2.10.